The normalized spacial score (nSPS) is 17.7. The largest absolute Gasteiger partial charge is 0.352 e. The van der Waals surface area contributed by atoms with E-state index < -0.39 is 6.04 Å². The molecule has 0 bridgehead atoms. The van der Waals surface area contributed by atoms with Gasteiger partial charge in [0.05, 0.1) is 5.56 Å². The summed E-state index contributed by atoms with van der Waals surface area (Å²) in [6, 6.07) is 9.86. The van der Waals surface area contributed by atoms with Crippen LogP contribution < -0.4 is 5.32 Å². The van der Waals surface area contributed by atoms with Crippen LogP contribution in [0.15, 0.2) is 42.6 Å². The van der Waals surface area contributed by atoms with E-state index in [-0.39, 0.29) is 11.8 Å². The number of aromatic nitrogens is 1. The van der Waals surface area contributed by atoms with E-state index in [0.29, 0.717) is 29.2 Å². The van der Waals surface area contributed by atoms with Crippen molar-refractivity contribution < 1.29 is 9.59 Å². The topological polar surface area (TPSA) is 62.3 Å². The van der Waals surface area contributed by atoms with Crippen LogP contribution in [0.1, 0.15) is 27.7 Å². The van der Waals surface area contributed by atoms with Gasteiger partial charge in [-0.1, -0.05) is 29.8 Å². The molecule has 5 nitrogen and oxygen atoms in total. The molecule has 23 heavy (non-hydrogen) atoms. The molecule has 2 amide bonds. The smallest absolute Gasteiger partial charge is 0.256 e. The van der Waals surface area contributed by atoms with Crippen LogP contribution in [0, 0.1) is 6.92 Å². The van der Waals surface area contributed by atoms with Crippen molar-refractivity contribution in [3.05, 3.63) is 64.4 Å². The molecule has 2 heterocycles. The van der Waals surface area contributed by atoms with Gasteiger partial charge in [-0.15, -0.1) is 0 Å². The minimum atomic E-state index is -0.730. The number of nitrogens with one attached hydrogen (secondary N) is 1. The summed E-state index contributed by atoms with van der Waals surface area (Å²) in [5, 5.41) is 3.26. The molecular formula is C17H16ClN3O2. The Morgan fingerprint density at radius 2 is 2.09 bits per heavy atom. The average molecular weight is 330 g/mol. The van der Waals surface area contributed by atoms with E-state index in [0.717, 1.165) is 5.69 Å². The van der Waals surface area contributed by atoms with E-state index in [1.54, 1.807) is 41.3 Å². The lowest BCUT2D eigenvalue weighted by molar-refractivity contribution is -0.128. The maximum Gasteiger partial charge on any atom is 0.256 e. The van der Waals surface area contributed by atoms with Crippen LogP contribution in [-0.4, -0.2) is 34.8 Å². The van der Waals surface area contributed by atoms with Gasteiger partial charge in [-0.3, -0.25) is 14.6 Å². The number of pyridine rings is 1. The van der Waals surface area contributed by atoms with Crippen molar-refractivity contribution in [2.24, 2.45) is 0 Å². The third-order valence-electron chi connectivity index (χ3n) is 3.83. The lowest BCUT2D eigenvalue weighted by Crippen LogP contribution is -2.52. The van der Waals surface area contributed by atoms with Crippen molar-refractivity contribution in [3.63, 3.8) is 0 Å². The lowest BCUT2D eigenvalue weighted by atomic mass is 10.0. The molecule has 1 aromatic heterocycles. The van der Waals surface area contributed by atoms with Gasteiger partial charge < -0.3 is 10.2 Å². The lowest BCUT2D eigenvalue weighted by Gasteiger charge is -2.35. The number of halogens is 1. The average Bonchev–Trinajstić information content (AvgIpc) is 2.56. The first-order valence-corrected chi connectivity index (χ1v) is 7.71. The molecule has 1 aliphatic rings. The number of hydrogen-bond acceptors (Lipinski definition) is 3. The third kappa shape index (κ3) is 3.05. The summed E-state index contributed by atoms with van der Waals surface area (Å²) in [7, 11) is 0. The minimum Gasteiger partial charge on any atom is -0.352 e. The van der Waals surface area contributed by atoms with Crippen LogP contribution in [0.3, 0.4) is 0 Å². The summed E-state index contributed by atoms with van der Waals surface area (Å²) in [6.45, 7) is 2.70. The van der Waals surface area contributed by atoms with Gasteiger partial charge in [-0.2, -0.15) is 0 Å². The van der Waals surface area contributed by atoms with Gasteiger partial charge in [0.25, 0.3) is 5.91 Å². The molecule has 1 fully saturated rings. The molecule has 1 N–H and O–H groups in total. The van der Waals surface area contributed by atoms with Gasteiger partial charge in [-0.25, -0.2) is 0 Å². The molecule has 0 aliphatic carbocycles. The molecule has 118 valence electrons. The Hall–Kier alpha value is -2.40. The van der Waals surface area contributed by atoms with Crippen molar-refractivity contribution in [1.29, 1.82) is 0 Å². The number of nitrogens with zero attached hydrogens (tertiary/aromatic N) is 2. The fourth-order valence-electron chi connectivity index (χ4n) is 2.65. The Labute approximate surface area is 139 Å². The van der Waals surface area contributed by atoms with E-state index in [1.165, 1.54) is 6.20 Å². The molecular weight excluding hydrogens is 314 g/mol. The van der Waals surface area contributed by atoms with Crippen molar-refractivity contribution in [2.75, 3.05) is 13.1 Å². The van der Waals surface area contributed by atoms with Crippen LogP contribution in [0.5, 0.6) is 0 Å². The number of carbonyl (C=O) groups is 2. The summed E-state index contributed by atoms with van der Waals surface area (Å²) >= 11 is 6.23. The van der Waals surface area contributed by atoms with E-state index in [9.17, 15) is 9.59 Å². The van der Waals surface area contributed by atoms with Crippen LogP contribution in [0.25, 0.3) is 0 Å². The molecule has 0 spiro atoms. The SMILES string of the molecule is Cc1ccc(C(=O)N2CCNC(=O)[C@H]2c2ccccc2Cl)cn1. The zero-order valence-corrected chi connectivity index (χ0v) is 13.4. The molecule has 1 saturated heterocycles. The Morgan fingerprint density at radius 1 is 1.30 bits per heavy atom. The third-order valence-corrected chi connectivity index (χ3v) is 4.18. The molecule has 2 aromatic rings. The highest BCUT2D eigenvalue weighted by atomic mass is 35.5. The number of carbonyl (C=O) groups excluding carboxylic acids is 2. The van der Waals surface area contributed by atoms with Crippen LogP contribution >= 0.6 is 11.6 Å². The number of rotatable bonds is 2. The van der Waals surface area contributed by atoms with Crippen molar-refractivity contribution in [1.82, 2.24) is 15.2 Å². The Kier molecular flexibility index (Phi) is 4.30. The van der Waals surface area contributed by atoms with Gasteiger partial charge in [-0.05, 0) is 25.1 Å². The minimum absolute atomic E-state index is 0.224. The molecule has 1 aliphatic heterocycles. The quantitative estimate of drug-likeness (QED) is 0.920. The van der Waals surface area contributed by atoms with E-state index in [4.69, 9.17) is 11.6 Å². The second kappa shape index (κ2) is 6.38. The number of amides is 2. The molecule has 3 rings (SSSR count). The van der Waals surface area contributed by atoms with Gasteiger partial charge in [0, 0.05) is 35.6 Å². The molecule has 1 atom stereocenters. The Morgan fingerprint density at radius 3 is 2.78 bits per heavy atom. The van der Waals surface area contributed by atoms with E-state index in [1.807, 2.05) is 6.92 Å². The highest BCUT2D eigenvalue weighted by Crippen LogP contribution is 2.30. The number of hydrogen-bond donors (Lipinski definition) is 1. The second-order valence-corrected chi connectivity index (χ2v) is 5.81. The fourth-order valence-corrected chi connectivity index (χ4v) is 2.89. The van der Waals surface area contributed by atoms with Crippen molar-refractivity contribution >= 4 is 23.4 Å². The Balaban J connectivity index is 1.98. The summed E-state index contributed by atoms with van der Waals surface area (Å²) < 4.78 is 0. The van der Waals surface area contributed by atoms with Crippen LogP contribution in [-0.2, 0) is 4.79 Å². The second-order valence-electron chi connectivity index (χ2n) is 5.40. The summed E-state index contributed by atoms with van der Waals surface area (Å²) in [5.41, 5.74) is 1.92. The zero-order chi connectivity index (χ0) is 16.4. The first-order chi connectivity index (χ1) is 11.1. The maximum atomic E-state index is 12.8. The summed E-state index contributed by atoms with van der Waals surface area (Å²) in [4.78, 5) is 30.9. The van der Waals surface area contributed by atoms with E-state index in [2.05, 4.69) is 10.3 Å². The maximum absolute atomic E-state index is 12.8. The van der Waals surface area contributed by atoms with Gasteiger partial charge in [0.2, 0.25) is 5.91 Å². The van der Waals surface area contributed by atoms with Crippen LogP contribution in [0.4, 0.5) is 0 Å². The predicted molar refractivity (Wildman–Crippen MR) is 87.2 cm³/mol. The predicted octanol–water partition coefficient (Wildman–Crippen LogP) is 2.36. The van der Waals surface area contributed by atoms with Crippen molar-refractivity contribution in [2.45, 2.75) is 13.0 Å². The molecule has 0 saturated carbocycles. The fraction of sp³-hybridized carbons (Fsp3) is 0.235. The first kappa shape index (κ1) is 15.5. The first-order valence-electron chi connectivity index (χ1n) is 7.33. The summed E-state index contributed by atoms with van der Waals surface area (Å²) in [6.07, 6.45) is 1.54. The van der Waals surface area contributed by atoms with Gasteiger partial charge >= 0.3 is 0 Å². The zero-order valence-electron chi connectivity index (χ0n) is 12.6. The molecule has 0 radical (unpaired) electrons. The van der Waals surface area contributed by atoms with Crippen molar-refractivity contribution in [3.8, 4) is 0 Å². The van der Waals surface area contributed by atoms with Gasteiger partial charge in [0.1, 0.15) is 6.04 Å². The van der Waals surface area contributed by atoms with Gasteiger partial charge in [0.15, 0.2) is 0 Å². The molecule has 1 aromatic carbocycles. The molecule has 0 unspecified atom stereocenters. The highest BCUT2D eigenvalue weighted by Gasteiger charge is 2.35. The van der Waals surface area contributed by atoms with E-state index >= 15 is 0 Å². The van der Waals surface area contributed by atoms with Crippen LogP contribution in [0.2, 0.25) is 5.02 Å². The highest BCUT2D eigenvalue weighted by molar-refractivity contribution is 6.31. The summed E-state index contributed by atoms with van der Waals surface area (Å²) in [5.74, 6) is -0.449. The standard InChI is InChI=1S/C17H16ClN3O2/c1-11-6-7-12(10-20-11)17(23)21-9-8-19-16(22)15(21)13-4-2-3-5-14(13)18/h2-7,10,15H,8-9H2,1H3,(H,19,22)/t15-/m1/s1. The number of piperazine rings is 1. The number of benzene rings is 1. The number of aryl methyl sites for hydroxylation is 1. The monoisotopic (exact) mass is 329 g/mol. The Bertz CT molecular complexity index is 746. The molecule has 6 heteroatoms.